The van der Waals surface area contributed by atoms with Crippen molar-refractivity contribution < 1.29 is 27.1 Å². The number of hydrogen-bond donors (Lipinski definition) is 2. The molecule has 2 aromatic heterocycles. The number of pyridine rings is 1. The van der Waals surface area contributed by atoms with Crippen LogP contribution in [0.3, 0.4) is 0 Å². The molecule has 0 radical (unpaired) electrons. The van der Waals surface area contributed by atoms with E-state index in [1.54, 1.807) is 71.3 Å². The van der Waals surface area contributed by atoms with Crippen molar-refractivity contribution in [1.29, 1.82) is 0 Å². The number of ether oxygens (including phenoxy) is 1. The Morgan fingerprint density at radius 1 is 1.11 bits per heavy atom. The van der Waals surface area contributed by atoms with Crippen LogP contribution >= 0.6 is 11.8 Å². The second kappa shape index (κ2) is 10.7. The smallest absolute Gasteiger partial charge is 0.395 e. The Kier molecular flexibility index (Phi) is 8.36. The molecule has 4 N–H and O–H groups in total. The predicted octanol–water partition coefficient (Wildman–Crippen LogP) is 6.18. The van der Waals surface area contributed by atoms with Gasteiger partial charge in [0.15, 0.2) is 0 Å². The number of thioether (sulfide) groups is 1. The SMILES string of the molecule is CC(C)(N)CC(C)(N)C(C)(C)C(=O)OCC(CSc1ccc2cc(-c3cccnc3)oc2c1)C(F)(F)F. The standard InChI is InChI=1S/C27H34F3N3O3S/c1-24(2,31)16-26(5,32)25(3,4)23(34)35-14-19(27(28,29)30)15-37-20-9-8-17-11-21(36-22(17)12-20)18-7-6-10-33-13-18/h6-13,19H,14-16,31-32H2,1-5H3. The van der Waals surface area contributed by atoms with Gasteiger partial charge in [-0.2, -0.15) is 13.2 Å². The van der Waals surface area contributed by atoms with Crippen molar-refractivity contribution in [3.05, 3.63) is 48.8 Å². The molecule has 0 bridgehead atoms. The third-order valence-corrected chi connectivity index (χ3v) is 7.68. The van der Waals surface area contributed by atoms with E-state index in [-0.39, 0.29) is 12.2 Å². The lowest BCUT2D eigenvalue weighted by molar-refractivity contribution is -0.189. The largest absolute Gasteiger partial charge is 0.465 e. The van der Waals surface area contributed by atoms with Crippen molar-refractivity contribution in [3.63, 3.8) is 0 Å². The molecule has 37 heavy (non-hydrogen) atoms. The first-order valence-electron chi connectivity index (χ1n) is 11.9. The molecule has 0 spiro atoms. The number of benzene rings is 1. The van der Waals surface area contributed by atoms with Gasteiger partial charge in [-0.1, -0.05) is 0 Å². The van der Waals surface area contributed by atoms with Crippen LogP contribution in [0.25, 0.3) is 22.3 Å². The molecule has 0 saturated carbocycles. The Bertz CT molecular complexity index is 1220. The molecule has 6 nitrogen and oxygen atoms in total. The lowest BCUT2D eigenvalue weighted by Gasteiger charge is -2.42. The molecule has 0 amide bonds. The highest BCUT2D eigenvalue weighted by atomic mass is 32.2. The first-order valence-corrected chi connectivity index (χ1v) is 12.9. The van der Waals surface area contributed by atoms with E-state index in [1.807, 2.05) is 12.1 Å². The van der Waals surface area contributed by atoms with E-state index in [4.69, 9.17) is 20.6 Å². The fraction of sp³-hybridized carbons (Fsp3) is 0.481. The van der Waals surface area contributed by atoms with Gasteiger partial charge in [0, 0.05) is 45.1 Å². The van der Waals surface area contributed by atoms with Gasteiger partial charge in [-0.05, 0) is 77.4 Å². The quantitative estimate of drug-likeness (QED) is 0.235. The van der Waals surface area contributed by atoms with Gasteiger partial charge in [-0.25, -0.2) is 0 Å². The van der Waals surface area contributed by atoms with E-state index in [2.05, 4.69) is 4.98 Å². The number of halogens is 3. The summed E-state index contributed by atoms with van der Waals surface area (Å²) >= 11 is 1.02. The number of hydrogen-bond acceptors (Lipinski definition) is 7. The molecule has 3 aromatic rings. The number of rotatable bonds is 10. The van der Waals surface area contributed by atoms with Crippen molar-refractivity contribution >= 4 is 28.7 Å². The summed E-state index contributed by atoms with van der Waals surface area (Å²) in [6.07, 6.45) is -0.941. The number of nitrogens with two attached hydrogens (primary N) is 2. The molecule has 2 unspecified atom stereocenters. The molecule has 1 aromatic carbocycles. The number of esters is 1. The van der Waals surface area contributed by atoms with Crippen molar-refractivity contribution in [1.82, 2.24) is 4.98 Å². The van der Waals surface area contributed by atoms with Gasteiger partial charge in [0.1, 0.15) is 18.0 Å². The first-order chi connectivity index (χ1) is 17.0. The third-order valence-electron chi connectivity index (χ3n) is 6.53. The first kappa shape index (κ1) is 29.0. The number of carbonyl (C=O) groups excluding carboxylic acids is 1. The van der Waals surface area contributed by atoms with Crippen LogP contribution in [-0.2, 0) is 9.53 Å². The summed E-state index contributed by atoms with van der Waals surface area (Å²) < 4.78 is 52.5. The third kappa shape index (κ3) is 7.27. The van der Waals surface area contributed by atoms with Crippen LogP contribution in [0.15, 0.2) is 58.1 Å². The minimum Gasteiger partial charge on any atom is -0.465 e. The van der Waals surface area contributed by atoms with Crippen LogP contribution in [0.1, 0.15) is 41.0 Å². The van der Waals surface area contributed by atoms with E-state index in [1.165, 1.54) is 0 Å². The Morgan fingerprint density at radius 3 is 2.41 bits per heavy atom. The average Bonchev–Trinajstić information content (AvgIpc) is 3.20. The fourth-order valence-corrected chi connectivity index (χ4v) is 4.98. The molecule has 0 aliphatic heterocycles. The van der Waals surface area contributed by atoms with Crippen molar-refractivity contribution in [2.45, 2.75) is 63.2 Å². The van der Waals surface area contributed by atoms with Crippen LogP contribution in [-0.4, -0.2) is 40.6 Å². The van der Waals surface area contributed by atoms with E-state index < -0.39 is 41.2 Å². The Labute approximate surface area is 219 Å². The van der Waals surface area contributed by atoms with Crippen molar-refractivity contribution in [2.75, 3.05) is 12.4 Å². The molecule has 0 aliphatic carbocycles. The second-order valence-electron chi connectivity index (χ2n) is 10.9. The van der Waals surface area contributed by atoms with Gasteiger partial charge >= 0.3 is 12.1 Å². The molecule has 10 heteroatoms. The molecule has 0 aliphatic rings. The summed E-state index contributed by atoms with van der Waals surface area (Å²) in [7, 11) is 0. The maximum absolute atomic E-state index is 13.8. The normalized spacial score (nSPS) is 15.4. The lowest BCUT2D eigenvalue weighted by atomic mass is 9.68. The molecule has 3 rings (SSSR count). The summed E-state index contributed by atoms with van der Waals surface area (Å²) in [5.74, 6) is -2.35. The maximum atomic E-state index is 13.8. The van der Waals surface area contributed by atoms with Crippen LogP contribution in [0.4, 0.5) is 13.2 Å². The number of carbonyl (C=O) groups is 1. The molecular weight excluding hydrogens is 503 g/mol. The van der Waals surface area contributed by atoms with Gasteiger partial charge in [-0.15, -0.1) is 11.8 Å². The molecular formula is C27H34F3N3O3S. The summed E-state index contributed by atoms with van der Waals surface area (Å²) in [5, 5.41) is 0.831. The molecule has 0 fully saturated rings. The summed E-state index contributed by atoms with van der Waals surface area (Å²) in [5.41, 5.74) is 10.8. The monoisotopic (exact) mass is 537 g/mol. The van der Waals surface area contributed by atoms with Crippen molar-refractivity contribution in [3.8, 4) is 11.3 Å². The van der Waals surface area contributed by atoms with Gasteiger partial charge in [0.05, 0.1) is 11.3 Å². The average molecular weight is 538 g/mol. The highest BCUT2D eigenvalue weighted by Gasteiger charge is 2.48. The van der Waals surface area contributed by atoms with Gasteiger partial charge in [-0.3, -0.25) is 9.78 Å². The Morgan fingerprint density at radius 2 is 1.81 bits per heavy atom. The fourth-order valence-electron chi connectivity index (χ4n) is 3.94. The zero-order valence-corrected chi connectivity index (χ0v) is 22.5. The van der Waals surface area contributed by atoms with Crippen LogP contribution < -0.4 is 11.5 Å². The van der Waals surface area contributed by atoms with E-state index in [0.717, 1.165) is 22.7 Å². The number of alkyl halides is 3. The number of nitrogens with zero attached hydrogens (tertiary/aromatic N) is 1. The predicted molar refractivity (Wildman–Crippen MR) is 140 cm³/mol. The number of fused-ring (bicyclic) bond motifs is 1. The van der Waals surface area contributed by atoms with Gasteiger partial charge in [0.25, 0.3) is 0 Å². The molecule has 2 heterocycles. The molecule has 0 saturated heterocycles. The van der Waals surface area contributed by atoms with Crippen LogP contribution in [0, 0.1) is 11.3 Å². The second-order valence-corrected chi connectivity index (χ2v) is 12.0. The Balaban J connectivity index is 1.68. The zero-order chi connectivity index (χ0) is 27.6. The highest BCUT2D eigenvalue weighted by Crippen LogP contribution is 2.38. The molecule has 202 valence electrons. The van der Waals surface area contributed by atoms with Crippen LogP contribution in [0.5, 0.6) is 0 Å². The topological polar surface area (TPSA) is 104 Å². The lowest BCUT2D eigenvalue weighted by Crippen LogP contribution is -2.59. The van der Waals surface area contributed by atoms with E-state index in [9.17, 15) is 18.0 Å². The van der Waals surface area contributed by atoms with E-state index in [0.29, 0.717) is 16.2 Å². The van der Waals surface area contributed by atoms with E-state index >= 15 is 0 Å². The summed E-state index contributed by atoms with van der Waals surface area (Å²) in [6, 6.07) is 10.8. The van der Waals surface area contributed by atoms with Crippen LogP contribution in [0.2, 0.25) is 0 Å². The minimum absolute atomic E-state index is 0.276. The summed E-state index contributed by atoms with van der Waals surface area (Å²) in [4.78, 5) is 17.5. The van der Waals surface area contributed by atoms with Gasteiger partial charge < -0.3 is 20.6 Å². The molecule has 2 atom stereocenters. The van der Waals surface area contributed by atoms with Gasteiger partial charge in [0.2, 0.25) is 0 Å². The Hall–Kier alpha value is -2.56. The zero-order valence-electron chi connectivity index (χ0n) is 21.7. The number of aromatic nitrogens is 1. The minimum atomic E-state index is -4.55. The maximum Gasteiger partial charge on any atom is 0.395 e. The number of furan rings is 1. The van der Waals surface area contributed by atoms with Crippen molar-refractivity contribution in [2.24, 2.45) is 22.8 Å². The highest BCUT2D eigenvalue weighted by molar-refractivity contribution is 7.99. The summed E-state index contributed by atoms with van der Waals surface area (Å²) in [6.45, 7) is 7.54.